The van der Waals surface area contributed by atoms with Crippen LogP contribution in [0, 0.1) is 12.8 Å². The van der Waals surface area contributed by atoms with Gasteiger partial charge >= 0.3 is 0 Å². The third-order valence-corrected chi connectivity index (χ3v) is 4.40. The third-order valence-electron chi connectivity index (χ3n) is 4.40. The van der Waals surface area contributed by atoms with Crippen molar-refractivity contribution in [3.05, 3.63) is 65.2 Å². The molecule has 2 aromatic heterocycles. The molecular weight excluding hydrogens is 352 g/mol. The molecule has 0 fully saturated rings. The van der Waals surface area contributed by atoms with Crippen molar-refractivity contribution in [3.8, 4) is 5.69 Å². The lowest BCUT2D eigenvalue weighted by molar-refractivity contribution is 0.0779. The van der Waals surface area contributed by atoms with Gasteiger partial charge in [0.05, 0.1) is 11.9 Å². The van der Waals surface area contributed by atoms with Crippen molar-refractivity contribution in [2.24, 2.45) is 5.92 Å². The molecule has 0 aliphatic carbocycles. The van der Waals surface area contributed by atoms with E-state index in [1.807, 2.05) is 42.1 Å². The minimum absolute atomic E-state index is 0.127. The highest BCUT2D eigenvalue weighted by atomic mass is 16.2. The summed E-state index contributed by atoms with van der Waals surface area (Å²) in [5, 5.41) is 4.43. The van der Waals surface area contributed by atoms with Crippen LogP contribution in [0.4, 0.5) is 5.95 Å². The molecule has 0 saturated carbocycles. The fourth-order valence-corrected chi connectivity index (χ4v) is 3.09. The smallest absolute Gasteiger partial charge is 0.272 e. The number of nitrogens with zero attached hydrogens (tertiary/aromatic N) is 5. The van der Waals surface area contributed by atoms with Gasteiger partial charge < -0.3 is 10.6 Å². The minimum Gasteiger partial charge on any atom is -0.368 e. The Bertz CT molecular complexity index is 979. The third kappa shape index (κ3) is 4.54. The van der Waals surface area contributed by atoms with Gasteiger partial charge in [-0.1, -0.05) is 32.0 Å². The van der Waals surface area contributed by atoms with Gasteiger partial charge in [-0.3, -0.25) is 4.79 Å². The first-order valence-electron chi connectivity index (χ1n) is 9.32. The second kappa shape index (κ2) is 8.21. The molecule has 3 aromatic rings. The highest BCUT2D eigenvalue weighted by molar-refractivity contribution is 5.92. The molecule has 0 bridgehead atoms. The number of anilines is 1. The monoisotopic (exact) mass is 378 g/mol. The van der Waals surface area contributed by atoms with Gasteiger partial charge in [-0.15, -0.1) is 0 Å². The highest BCUT2D eigenvalue weighted by Crippen LogP contribution is 2.15. The number of amides is 1. The maximum absolute atomic E-state index is 12.8. The van der Waals surface area contributed by atoms with E-state index in [1.54, 1.807) is 24.2 Å². The Hall–Kier alpha value is -3.22. The zero-order valence-electron chi connectivity index (χ0n) is 16.8. The van der Waals surface area contributed by atoms with Crippen LogP contribution in [0.1, 0.15) is 41.2 Å². The van der Waals surface area contributed by atoms with Gasteiger partial charge in [0.15, 0.2) is 0 Å². The van der Waals surface area contributed by atoms with Crippen molar-refractivity contribution in [2.75, 3.05) is 12.8 Å². The first kappa shape index (κ1) is 19.5. The number of aryl methyl sites for hydroxylation is 1. The summed E-state index contributed by atoms with van der Waals surface area (Å²) in [5.41, 5.74) is 9.99. The van der Waals surface area contributed by atoms with Crippen LogP contribution >= 0.6 is 0 Å². The van der Waals surface area contributed by atoms with E-state index in [2.05, 4.69) is 28.9 Å². The molecule has 146 valence electrons. The van der Waals surface area contributed by atoms with E-state index in [4.69, 9.17) is 5.73 Å². The molecule has 2 heterocycles. The lowest BCUT2D eigenvalue weighted by atomic mass is 10.1. The molecule has 0 atom stereocenters. The van der Waals surface area contributed by atoms with Crippen molar-refractivity contribution in [1.82, 2.24) is 24.6 Å². The van der Waals surface area contributed by atoms with Crippen LogP contribution in [0.2, 0.25) is 0 Å². The number of carbonyl (C=O) groups is 1. The number of rotatable bonds is 6. The van der Waals surface area contributed by atoms with E-state index in [0.29, 0.717) is 18.2 Å². The molecule has 0 radical (unpaired) electrons. The molecule has 2 N–H and O–H groups in total. The standard InChI is InChI=1S/C21H26N6O/c1-14(2)9-17-10-18(25-21(22)24-17)20(28)26(4)12-16-11-23-27(13-16)19-8-6-5-7-15(19)3/h5-8,10-11,13-14H,9,12H2,1-4H3,(H2,22,24,25). The predicted molar refractivity (Wildman–Crippen MR) is 109 cm³/mol. The molecule has 0 aliphatic rings. The number of para-hydroxylation sites is 1. The van der Waals surface area contributed by atoms with Gasteiger partial charge in [-0.25, -0.2) is 14.6 Å². The Kier molecular flexibility index (Phi) is 5.73. The number of nitrogen functional groups attached to an aromatic ring is 1. The molecule has 0 aliphatic heterocycles. The fourth-order valence-electron chi connectivity index (χ4n) is 3.09. The lowest BCUT2D eigenvalue weighted by Crippen LogP contribution is -2.27. The molecule has 3 rings (SSSR count). The van der Waals surface area contributed by atoms with Gasteiger partial charge in [0.1, 0.15) is 5.69 Å². The number of nitrogens with two attached hydrogens (primary N) is 1. The Balaban J connectivity index is 1.75. The first-order valence-corrected chi connectivity index (χ1v) is 9.32. The van der Waals surface area contributed by atoms with E-state index >= 15 is 0 Å². The first-order chi connectivity index (χ1) is 13.3. The van der Waals surface area contributed by atoms with E-state index in [9.17, 15) is 4.79 Å². The molecule has 7 heteroatoms. The maximum Gasteiger partial charge on any atom is 0.272 e. The topological polar surface area (TPSA) is 89.9 Å². The quantitative estimate of drug-likeness (QED) is 0.712. The maximum atomic E-state index is 12.8. The normalized spacial score (nSPS) is 11.0. The van der Waals surface area contributed by atoms with E-state index < -0.39 is 0 Å². The fraction of sp³-hybridized carbons (Fsp3) is 0.333. The predicted octanol–water partition coefficient (Wildman–Crippen LogP) is 3.02. The van der Waals surface area contributed by atoms with Crippen LogP contribution in [-0.4, -0.2) is 37.6 Å². The second-order valence-electron chi connectivity index (χ2n) is 7.44. The lowest BCUT2D eigenvalue weighted by Gasteiger charge is -2.16. The molecule has 1 amide bonds. The molecule has 0 unspecified atom stereocenters. The number of aromatic nitrogens is 4. The van der Waals surface area contributed by atoms with Crippen LogP contribution in [0.15, 0.2) is 42.7 Å². The minimum atomic E-state index is -0.192. The van der Waals surface area contributed by atoms with E-state index in [-0.39, 0.29) is 11.9 Å². The van der Waals surface area contributed by atoms with Crippen molar-refractivity contribution in [2.45, 2.75) is 33.7 Å². The molecule has 0 spiro atoms. The summed E-state index contributed by atoms with van der Waals surface area (Å²) in [6.07, 6.45) is 4.46. The zero-order chi connectivity index (χ0) is 20.3. The van der Waals surface area contributed by atoms with Crippen LogP contribution in [0.25, 0.3) is 5.69 Å². The van der Waals surface area contributed by atoms with Crippen molar-refractivity contribution >= 4 is 11.9 Å². The summed E-state index contributed by atoms with van der Waals surface area (Å²) >= 11 is 0. The van der Waals surface area contributed by atoms with Gasteiger partial charge in [-0.2, -0.15) is 5.10 Å². The summed E-state index contributed by atoms with van der Waals surface area (Å²) < 4.78 is 1.83. The van der Waals surface area contributed by atoms with Gasteiger partial charge in [-0.05, 0) is 37.0 Å². The van der Waals surface area contributed by atoms with Crippen molar-refractivity contribution in [1.29, 1.82) is 0 Å². The van der Waals surface area contributed by atoms with Gasteiger partial charge in [0, 0.05) is 31.0 Å². The van der Waals surface area contributed by atoms with Gasteiger partial charge in [0.2, 0.25) is 5.95 Å². The van der Waals surface area contributed by atoms with Crippen LogP contribution in [0.3, 0.4) is 0 Å². The average molecular weight is 378 g/mol. The number of benzene rings is 1. The summed E-state index contributed by atoms with van der Waals surface area (Å²) in [6, 6.07) is 9.76. The SMILES string of the molecule is Cc1ccccc1-n1cc(CN(C)C(=O)c2cc(CC(C)C)nc(N)n2)cn1. The Morgan fingerprint density at radius 3 is 2.71 bits per heavy atom. The number of hydrogen-bond acceptors (Lipinski definition) is 5. The van der Waals surface area contributed by atoms with Crippen molar-refractivity contribution in [3.63, 3.8) is 0 Å². The summed E-state index contributed by atoms with van der Waals surface area (Å²) in [4.78, 5) is 22.8. The van der Waals surface area contributed by atoms with E-state index in [0.717, 1.165) is 28.9 Å². The van der Waals surface area contributed by atoms with Crippen LogP contribution in [0.5, 0.6) is 0 Å². The second-order valence-corrected chi connectivity index (χ2v) is 7.44. The largest absolute Gasteiger partial charge is 0.368 e. The Morgan fingerprint density at radius 2 is 2.00 bits per heavy atom. The summed E-state index contributed by atoms with van der Waals surface area (Å²) in [5.74, 6) is 0.354. The zero-order valence-corrected chi connectivity index (χ0v) is 16.8. The molecule has 0 saturated heterocycles. The molecule has 28 heavy (non-hydrogen) atoms. The van der Waals surface area contributed by atoms with Gasteiger partial charge in [0.25, 0.3) is 5.91 Å². The Labute approximate surface area is 165 Å². The molecule has 1 aromatic carbocycles. The van der Waals surface area contributed by atoms with Crippen LogP contribution < -0.4 is 5.73 Å². The number of carbonyl (C=O) groups excluding carboxylic acids is 1. The molecular formula is C21H26N6O. The highest BCUT2D eigenvalue weighted by Gasteiger charge is 2.17. The summed E-state index contributed by atoms with van der Waals surface area (Å²) in [7, 11) is 1.74. The average Bonchev–Trinajstić information content (AvgIpc) is 3.08. The van der Waals surface area contributed by atoms with E-state index in [1.165, 1.54) is 0 Å². The van der Waals surface area contributed by atoms with Crippen molar-refractivity contribution < 1.29 is 4.79 Å². The number of hydrogen-bond donors (Lipinski definition) is 1. The molecule has 7 nitrogen and oxygen atoms in total. The Morgan fingerprint density at radius 1 is 1.25 bits per heavy atom. The summed E-state index contributed by atoms with van der Waals surface area (Å²) in [6.45, 7) is 6.66. The van der Waals surface area contributed by atoms with Crippen LogP contribution in [-0.2, 0) is 13.0 Å².